The third-order valence-corrected chi connectivity index (χ3v) is 12.0. The second-order valence-corrected chi connectivity index (χ2v) is 16.2. The van der Waals surface area contributed by atoms with Crippen molar-refractivity contribution in [3.8, 4) is 12.1 Å². The lowest BCUT2D eigenvalue weighted by atomic mass is 9.87. The molecule has 1 aromatic heterocycles. The Labute approximate surface area is 326 Å². The van der Waals surface area contributed by atoms with E-state index >= 15 is 0 Å². The molecule has 3 heterocycles. The fourth-order valence-corrected chi connectivity index (χ4v) is 7.89. The van der Waals surface area contributed by atoms with E-state index in [0.717, 1.165) is 78.0 Å². The maximum absolute atomic E-state index is 13.1. The van der Waals surface area contributed by atoms with E-state index in [2.05, 4.69) is 92.8 Å². The van der Waals surface area contributed by atoms with Crippen molar-refractivity contribution in [1.29, 1.82) is 10.5 Å². The molecule has 5 rings (SSSR count). The molecule has 1 unspecified atom stereocenters. The number of aromatic nitrogens is 1. The van der Waals surface area contributed by atoms with Crippen molar-refractivity contribution in [2.75, 3.05) is 26.2 Å². The van der Waals surface area contributed by atoms with Crippen LogP contribution >= 0.6 is 0 Å². The number of piperidine rings is 2. The molecule has 0 spiro atoms. The normalized spacial score (nSPS) is 16.8. The van der Waals surface area contributed by atoms with Gasteiger partial charge in [-0.3, -0.25) is 9.68 Å². The molecule has 2 aliphatic rings. The first-order chi connectivity index (χ1) is 26.5. The molecule has 2 aromatic carbocycles. The highest BCUT2D eigenvalue weighted by molar-refractivity contribution is 6.14. The zero-order valence-electron chi connectivity index (χ0n) is 33.7. The molecule has 0 aliphatic carbocycles. The first-order valence-electron chi connectivity index (χ1n) is 20.4. The molecule has 0 saturated carbocycles. The molecule has 2 saturated heterocycles. The molecule has 55 heavy (non-hydrogen) atoms. The van der Waals surface area contributed by atoms with Gasteiger partial charge in [-0.2, -0.15) is 10.5 Å². The van der Waals surface area contributed by atoms with Gasteiger partial charge in [-0.15, -0.1) is 0 Å². The fraction of sp³-hybridized carbons (Fsp3) is 0.591. The average molecular weight is 750 g/mol. The van der Waals surface area contributed by atoms with Crippen molar-refractivity contribution >= 4 is 45.4 Å². The monoisotopic (exact) mass is 749 g/mol. The molecule has 3 aromatic rings. The van der Waals surface area contributed by atoms with Crippen LogP contribution in [0.25, 0.3) is 21.8 Å². The van der Waals surface area contributed by atoms with Crippen LogP contribution < -0.4 is 0 Å². The molecule has 0 bridgehead atoms. The lowest BCUT2D eigenvalue weighted by Gasteiger charge is -2.32. The molecule has 11 nitrogen and oxygen atoms in total. The van der Waals surface area contributed by atoms with E-state index in [1.165, 1.54) is 0 Å². The van der Waals surface area contributed by atoms with Crippen LogP contribution in [0.4, 0.5) is 9.59 Å². The first kappa shape index (κ1) is 41.3. The minimum absolute atomic E-state index is 0.224. The number of fused-ring (bicyclic) bond motifs is 3. The maximum Gasteiger partial charge on any atom is 0.435 e. The van der Waals surface area contributed by atoms with Crippen LogP contribution in [-0.4, -0.2) is 64.2 Å². The lowest BCUT2D eigenvalue weighted by molar-refractivity contribution is 0.0844. The van der Waals surface area contributed by atoms with Crippen LogP contribution in [0.1, 0.15) is 117 Å². The summed E-state index contributed by atoms with van der Waals surface area (Å²) in [7, 11) is 0. The molecular formula is C44H59N7O4. The highest BCUT2D eigenvalue weighted by atomic mass is 16.7. The smallest absolute Gasteiger partial charge is 0.340 e. The van der Waals surface area contributed by atoms with Gasteiger partial charge < -0.3 is 14.4 Å². The number of oxime groups is 2. The molecule has 294 valence electrons. The van der Waals surface area contributed by atoms with Gasteiger partial charge in [-0.25, -0.2) is 9.59 Å². The summed E-state index contributed by atoms with van der Waals surface area (Å²) in [5, 5.41) is 29.7. The van der Waals surface area contributed by atoms with Crippen molar-refractivity contribution in [2.45, 2.75) is 112 Å². The van der Waals surface area contributed by atoms with Gasteiger partial charge in [0.2, 0.25) is 0 Å². The van der Waals surface area contributed by atoms with Crippen molar-refractivity contribution in [1.82, 2.24) is 14.4 Å². The highest BCUT2D eigenvalue weighted by Crippen LogP contribution is 2.33. The topological polar surface area (TPSA) is 136 Å². The van der Waals surface area contributed by atoms with E-state index in [0.29, 0.717) is 80.0 Å². The number of hydrogen-bond acceptors (Lipinski definition) is 8. The summed E-state index contributed by atoms with van der Waals surface area (Å²) in [6.07, 6.45) is 6.05. The Balaban J connectivity index is 1.48. The summed E-state index contributed by atoms with van der Waals surface area (Å²) < 4.78 is 2.34. The number of benzene rings is 2. The van der Waals surface area contributed by atoms with Crippen molar-refractivity contribution < 1.29 is 19.3 Å². The van der Waals surface area contributed by atoms with Crippen molar-refractivity contribution in [3.05, 3.63) is 47.5 Å². The van der Waals surface area contributed by atoms with E-state index in [9.17, 15) is 20.1 Å². The molecule has 2 amide bonds. The second-order valence-electron chi connectivity index (χ2n) is 16.2. The van der Waals surface area contributed by atoms with Crippen LogP contribution in [0.2, 0.25) is 0 Å². The van der Waals surface area contributed by atoms with Gasteiger partial charge in [0.15, 0.2) is 0 Å². The van der Waals surface area contributed by atoms with E-state index in [-0.39, 0.29) is 12.8 Å². The Bertz CT molecular complexity index is 1800. The van der Waals surface area contributed by atoms with E-state index in [1.807, 2.05) is 12.1 Å². The summed E-state index contributed by atoms with van der Waals surface area (Å²) in [5.74, 6) is 2.91. The minimum atomic E-state index is -0.464. The number of amides is 2. The molecule has 1 atom stereocenters. The third kappa shape index (κ3) is 10.4. The van der Waals surface area contributed by atoms with Crippen molar-refractivity contribution in [3.63, 3.8) is 0 Å². The SMILES string of the molecule is CCC(C)CCn1c2ccc(/C(CCC#N)=N/OC(=O)N3CCC(C(C)C)CC3)cc2c2cc(/C(CCC#N)=N/OC(=O)N3CCC(C(C)C)CC3)ccc21. The van der Waals surface area contributed by atoms with Gasteiger partial charge in [0, 0.05) is 91.3 Å². The molecule has 0 radical (unpaired) electrons. The summed E-state index contributed by atoms with van der Waals surface area (Å²) in [6.45, 7) is 16.8. The van der Waals surface area contributed by atoms with Crippen LogP contribution in [0.15, 0.2) is 46.7 Å². The number of carbonyl (C=O) groups excluding carboxylic acids is 2. The minimum Gasteiger partial charge on any atom is -0.340 e. The Morgan fingerprint density at radius 1 is 0.727 bits per heavy atom. The Morgan fingerprint density at radius 2 is 1.15 bits per heavy atom. The Kier molecular flexibility index (Phi) is 14.7. The number of hydrogen-bond donors (Lipinski definition) is 0. The fourth-order valence-electron chi connectivity index (χ4n) is 7.89. The lowest BCUT2D eigenvalue weighted by Crippen LogP contribution is -2.39. The predicted molar refractivity (Wildman–Crippen MR) is 218 cm³/mol. The van der Waals surface area contributed by atoms with Gasteiger partial charge in [0.05, 0.1) is 23.6 Å². The number of likely N-dealkylation sites (tertiary alicyclic amines) is 2. The summed E-state index contributed by atoms with van der Waals surface area (Å²) >= 11 is 0. The van der Waals surface area contributed by atoms with E-state index in [1.54, 1.807) is 9.80 Å². The van der Waals surface area contributed by atoms with Gasteiger partial charge in [-0.05, 0) is 86.0 Å². The first-order valence-corrected chi connectivity index (χ1v) is 20.4. The zero-order chi connectivity index (χ0) is 39.5. The third-order valence-electron chi connectivity index (χ3n) is 12.0. The molecular weight excluding hydrogens is 691 g/mol. The number of nitrogens with zero attached hydrogens (tertiary/aromatic N) is 7. The number of aryl methyl sites for hydroxylation is 1. The number of carbonyl (C=O) groups is 2. The summed E-state index contributed by atoms with van der Waals surface area (Å²) in [6, 6.07) is 16.7. The largest absolute Gasteiger partial charge is 0.435 e. The number of nitriles is 2. The zero-order valence-corrected chi connectivity index (χ0v) is 33.7. The van der Waals surface area contributed by atoms with Gasteiger partial charge in [0.1, 0.15) is 0 Å². The highest BCUT2D eigenvalue weighted by Gasteiger charge is 2.27. The standard InChI is InChI=1S/C44H59N7O4/c1-7-32(6)16-27-51-41-14-12-35(39(10-8-21-45)47-54-43(52)49-23-17-33(18-24-49)30(2)3)28-37(41)38-29-36(13-15-42(38)51)40(11-9-22-46)48-55-44(53)50-25-19-34(20-26-50)31(4)5/h12-15,28-34H,7-11,16-20,23-27H2,1-6H3/b47-39+,48-40+. The van der Waals surface area contributed by atoms with E-state index < -0.39 is 12.2 Å². The van der Waals surface area contributed by atoms with Crippen LogP contribution in [-0.2, 0) is 16.2 Å². The van der Waals surface area contributed by atoms with Gasteiger partial charge in [0.25, 0.3) is 0 Å². The van der Waals surface area contributed by atoms with Gasteiger partial charge >= 0.3 is 12.2 Å². The Morgan fingerprint density at radius 3 is 1.51 bits per heavy atom. The van der Waals surface area contributed by atoms with Crippen LogP contribution in [0.5, 0.6) is 0 Å². The molecule has 2 fully saturated rings. The van der Waals surface area contributed by atoms with E-state index in [4.69, 9.17) is 9.68 Å². The summed E-state index contributed by atoms with van der Waals surface area (Å²) in [4.78, 5) is 40.7. The molecule has 11 heteroatoms. The quantitative estimate of drug-likeness (QED) is 0.0914. The van der Waals surface area contributed by atoms with Crippen molar-refractivity contribution in [2.24, 2.45) is 39.9 Å². The van der Waals surface area contributed by atoms with Crippen LogP contribution in [0.3, 0.4) is 0 Å². The summed E-state index contributed by atoms with van der Waals surface area (Å²) in [5.41, 5.74) is 4.71. The predicted octanol–water partition coefficient (Wildman–Crippen LogP) is 10.3. The van der Waals surface area contributed by atoms with Crippen LogP contribution in [0, 0.1) is 52.3 Å². The maximum atomic E-state index is 13.1. The molecule has 2 aliphatic heterocycles. The molecule has 0 N–H and O–H groups in total. The van der Waals surface area contributed by atoms with Gasteiger partial charge in [-0.1, -0.05) is 70.4 Å². The Hall–Kier alpha value is -4.90. The average Bonchev–Trinajstić information content (AvgIpc) is 3.51. The number of rotatable bonds is 14. The second kappa shape index (κ2) is 19.6.